The summed E-state index contributed by atoms with van der Waals surface area (Å²) in [6.45, 7) is 0. The summed E-state index contributed by atoms with van der Waals surface area (Å²) in [6, 6.07) is 16.3. The fourth-order valence-electron chi connectivity index (χ4n) is 2.34. The van der Waals surface area contributed by atoms with Crippen LogP contribution in [0.1, 0.15) is 16.1 Å². The Morgan fingerprint density at radius 1 is 1.12 bits per heavy atom. The van der Waals surface area contributed by atoms with Crippen LogP contribution in [-0.4, -0.2) is 23.9 Å². The number of halogens is 2. The molecule has 6 heteroatoms. The third-order valence-electron chi connectivity index (χ3n) is 3.59. The van der Waals surface area contributed by atoms with Gasteiger partial charge in [0.2, 0.25) is 0 Å². The number of methoxy groups -OCH3 is 1. The van der Waals surface area contributed by atoms with Gasteiger partial charge < -0.3 is 9.30 Å². The Morgan fingerprint density at radius 3 is 2.60 bits per heavy atom. The van der Waals surface area contributed by atoms with Crippen LogP contribution in [0, 0.1) is 0 Å². The van der Waals surface area contributed by atoms with E-state index in [9.17, 15) is 4.79 Å². The van der Waals surface area contributed by atoms with Gasteiger partial charge in [-0.25, -0.2) is 4.79 Å². The molecular formula is C19H14Cl2N2O2. The summed E-state index contributed by atoms with van der Waals surface area (Å²) in [5.74, 6) is -0.494. The molecule has 4 nitrogen and oxygen atoms in total. The first-order valence-electron chi connectivity index (χ1n) is 7.44. The zero-order valence-corrected chi connectivity index (χ0v) is 14.8. The molecule has 0 saturated heterocycles. The van der Waals surface area contributed by atoms with E-state index in [0.717, 1.165) is 11.4 Å². The van der Waals surface area contributed by atoms with E-state index in [1.54, 1.807) is 24.4 Å². The van der Waals surface area contributed by atoms with Crippen molar-refractivity contribution in [3.8, 4) is 5.69 Å². The zero-order valence-electron chi connectivity index (χ0n) is 13.3. The maximum absolute atomic E-state index is 11.7. The maximum Gasteiger partial charge on any atom is 0.339 e. The molecule has 0 atom stereocenters. The van der Waals surface area contributed by atoms with E-state index in [4.69, 9.17) is 27.9 Å². The first-order valence-corrected chi connectivity index (χ1v) is 8.19. The van der Waals surface area contributed by atoms with Crippen LogP contribution in [-0.2, 0) is 4.74 Å². The number of benzene rings is 2. The van der Waals surface area contributed by atoms with Gasteiger partial charge in [0, 0.05) is 16.9 Å². The Hall–Kier alpha value is -2.56. The minimum absolute atomic E-state index is 0.284. The van der Waals surface area contributed by atoms with Gasteiger partial charge in [0.15, 0.2) is 0 Å². The molecule has 3 rings (SSSR count). The average Bonchev–Trinajstić information content (AvgIpc) is 3.09. The molecule has 126 valence electrons. The van der Waals surface area contributed by atoms with Crippen LogP contribution >= 0.6 is 23.2 Å². The van der Waals surface area contributed by atoms with E-state index < -0.39 is 5.97 Å². The van der Waals surface area contributed by atoms with E-state index in [-0.39, 0.29) is 5.56 Å². The van der Waals surface area contributed by atoms with E-state index in [1.807, 2.05) is 47.2 Å². The van der Waals surface area contributed by atoms with Gasteiger partial charge in [-0.15, -0.1) is 0 Å². The van der Waals surface area contributed by atoms with Crippen LogP contribution in [0.4, 0.5) is 5.69 Å². The number of esters is 1. The van der Waals surface area contributed by atoms with Crippen molar-refractivity contribution in [2.24, 2.45) is 4.99 Å². The van der Waals surface area contributed by atoms with Crippen molar-refractivity contribution in [3.63, 3.8) is 0 Å². The molecule has 0 aliphatic rings. The second kappa shape index (κ2) is 7.55. The predicted molar refractivity (Wildman–Crippen MR) is 101 cm³/mol. The van der Waals surface area contributed by atoms with Crippen molar-refractivity contribution in [2.75, 3.05) is 7.11 Å². The van der Waals surface area contributed by atoms with E-state index in [0.29, 0.717) is 15.7 Å². The second-order valence-electron chi connectivity index (χ2n) is 5.19. The van der Waals surface area contributed by atoms with E-state index in [2.05, 4.69) is 4.99 Å². The molecule has 0 unspecified atom stereocenters. The van der Waals surface area contributed by atoms with E-state index >= 15 is 0 Å². The molecule has 1 aromatic heterocycles. The monoisotopic (exact) mass is 372 g/mol. The molecule has 0 aliphatic carbocycles. The largest absolute Gasteiger partial charge is 0.465 e. The summed E-state index contributed by atoms with van der Waals surface area (Å²) < 4.78 is 6.70. The highest BCUT2D eigenvalue weighted by molar-refractivity contribution is 6.33. The number of ether oxygens (including phenoxy) is 1. The van der Waals surface area contributed by atoms with Gasteiger partial charge in [-0.3, -0.25) is 4.99 Å². The van der Waals surface area contributed by atoms with Crippen LogP contribution in [0.5, 0.6) is 0 Å². The Labute approximate surface area is 155 Å². The SMILES string of the molecule is COC(=O)c1cc(N=Cc2cccn2-c2ccc(Cl)cc2)ccc1Cl. The van der Waals surface area contributed by atoms with Crippen molar-refractivity contribution >= 4 is 41.1 Å². The Balaban J connectivity index is 1.90. The minimum Gasteiger partial charge on any atom is -0.465 e. The summed E-state index contributed by atoms with van der Waals surface area (Å²) >= 11 is 12.0. The lowest BCUT2D eigenvalue weighted by Crippen LogP contribution is -2.01. The molecule has 25 heavy (non-hydrogen) atoms. The number of carbonyl (C=O) groups is 1. The topological polar surface area (TPSA) is 43.6 Å². The van der Waals surface area contributed by atoms with Crippen LogP contribution in [0.25, 0.3) is 5.69 Å². The molecule has 0 radical (unpaired) electrons. The molecule has 3 aromatic rings. The number of rotatable bonds is 4. The third-order valence-corrected chi connectivity index (χ3v) is 4.17. The summed E-state index contributed by atoms with van der Waals surface area (Å²) in [4.78, 5) is 16.1. The highest BCUT2D eigenvalue weighted by atomic mass is 35.5. The average molecular weight is 373 g/mol. The number of hydrogen-bond acceptors (Lipinski definition) is 3. The van der Waals surface area contributed by atoms with Crippen molar-refractivity contribution < 1.29 is 9.53 Å². The maximum atomic E-state index is 11.7. The van der Waals surface area contributed by atoms with Crippen LogP contribution < -0.4 is 0 Å². The molecule has 0 spiro atoms. The predicted octanol–water partition coefficient (Wildman–Crippen LogP) is 5.32. The highest BCUT2D eigenvalue weighted by Crippen LogP contribution is 2.23. The van der Waals surface area contributed by atoms with Gasteiger partial charge in [-0.1, -0.05) is 23.2 Å². The molecular weight excluding hydrogens is 359 g/mol. The number of hydrogen-bond donors (Lipinski definition) is 0. The first-order chi connectivity index (χ1) is 12.1. The number of aliphatic imine (C=N–C) groups is 1. The fraction of sp³-hybridized carbons (Fsp3) is 0.0526. The van der Waals surface area contributed by atoms with Gasteiger partial charge in [0.1, 0.15) is 0 Å². The lowest BCUT2D eigenvalue weighted by Gasteiger charge is -2.06. The Bertz CT molecular complexity index is 931. The normalized spacial score (nSPS) is 11.0. The smallest absolute Gasteiger partial charge is 0.339 e. The fourth-order valence-corrected chi connectivity index (χ4v) is 2.66. The van der Waals surface area contributed by atoms with E-state index in [1.165, 1.54) is 7.11 Å². The van der Waals surface area contributed by atoms with Gasteiger partial charge in [-0.05, 0) is 54.6 Å². The first kappa shape index (κ1) is 17.3. The van der Waals surface area contributed by atoms with Gasteiger partial charge >= 0.3 is 5.97 Å². The highest BCUT2D eigenvalue weighted by Gasteiger charge is 2.11. The molecule has 1 heterocycles. The summed E-state index contributed by atoms with van der Waals surface area (Å²) in [5, 5.41) is 1.01. The Kier molecular flexibility index (Phi) is 5.22. The Morgan fingerprint density at radius 2 is 1.88 bits per heavy atom. The van der Waals surface area contributed by atoms with Crippen molar-refractivity contribution in [3.05, 3.63) is 82.1 Å². The second-order valence-corrected chi connectivity index (χ2v) is 6.04. The van der Waals surface area contributed by atoms with Gasteiger partial charge in [-0.2, -0.15) is 0 Å². The molecule has 2 aromatic carbocycles. The van der Waals surface area contributed by atoms with Crippen molar-refractivity contribution in [2.45, 2.75) is 0 Å². The van der Waals surface area contributed by atoms with Crippen LogP contribution in [0.15, 0.2) is 65.8 Å². The summed E-state index contributed by atoms with van der Waals surface area (Å²) in [7, 11) is 1.31. The van der Waals surface area contributed by atoms with Gasteiger partial charge in [0.25, 0.3) is 0 Å². The lowest BCUT2D eigenvalue weighted by molar-refractivity contribution is 0.0601. The quantitative estimate of drug-likeness (QED) is 0.459. The van der Waals surface area contributed by atoms with Crippen LogP contribution in [0.2, 0.25) is 10.0 Å². The number of nitrogens with zero attached hydrogens (tertiary/aromatic N) is 2. The molecule has 0 aliphatic heterocycles. The molecule has 0 amide bonds. The van der Waals surface area contributed by atoms with Crippen molar-refractivity contribution in [1.82, 2.24) is 4.57 Å². The molecule has 0 N–H and O–H groups in total. The molecule has 0 bridgehead atoms. The van der Waals surface area contributed by atoms with Crippen LogP contribution in [0.3, 0.4) is 0 Å². The minimum atomic E-state index is -0.494. The summed E-state index contributed by atoms with van der Waals surface area (Å²) in [6.07, 6.45) is 3.66. The van der Waals surface area contributed by atoms with Gasteiger partial charge in [0.05, 0.1) is 35.3 Å². The number of carbonyl (C=O) groups excluding carboxylic acids is 1. The number of aromatic nitrogens is 1. The molecule has 0 saturated carbocycles. The third kappa shape index (κ3) is 3.92. The lowest BCUT2D eigenvalue weighted by atomic mass is 10.2. The molecule has 0 fully saturated rings. The summed E-state index contributed by atoms with van der Waals surface area (Å²) in [5.41, 5.74) is 2.75. The standard InChI is InChI=1S/C19H14Cl2N2O2/c1-25-19(24)17-11-14(6-9-18(17)21)22-12-16-3-2-10-23(16)15-7-4-13(20)5-8-15/h2-12H,1H3. The zero-order chi connectivity index (χ0) is 17.8. The van der Waals surface area contributed by atoms with Crippen molar-refractivity contribution in [1.29, 1.82) is 0 Å².